The number of hydrogen-bond acceptors (Lipinski definition) is 1. The minimum atomic E-state index is 0.128. The van der Waals surface area contributed by atoms with Gasteiger partial charge in [0.1, 0.15) is 0 Å². The van der Waals surface area contributed by atoms with Crippen molar-refractivity contribution in [2.24, 2.45) is 0 Å². The summed E-state index contributed by atoms with van der Waals surface area (Å²) in [6.07, 6.45) is 3.46. The smallest absolute Gasteiger partial charge is 0.181 e. The fourth-order valence-electron chi connectivity index (χ4n) is 1.32. The third-order valence-electron chi connectivity index (χ3n) is 2.17. The Morgan fingerprint density at radius 1 is 1.31 bits per heavy atom. The van der Waals surface area contributed by atoms with Crippen LogP contribution in [0.1, 0.15) is 30.9 Å². The average molecular weight is 176 g/mol. The first kappa shape index (κ1) is 9.97. The van der Waals surface area contributed by atoms with Crippen LogP contribution in [-0.2, 0) is 6.42 Å². The van der Waals surface area contributed by atoms with Crippen molar-refractivity contribution in [3.05, 3.63) is 45.6 Å². The quantitative estimate of drug-likeness (QED) is 0.692. The Morgan fingerprint density at radius 3 is 2.77 bits per heavy atom. The molecule has 0 aliphatic heterocycles. The number of unbranched alkanes of at least 4 members (excludes halogenated alkanes) is 1. The van der Waals surface area contributed by atoms with Crippen LogP contribution in [0.25, 0.3) is 0 Å². The second kappa shape index (κ2) is 4.80. The van der Waals surface area contributed by atoms with Crippen LogP contribution < -0.4 is 5.43 Å². The maximum Gasteiger partial charge on any atom is 0.181 e. The molecular formula is C12H16O. The van der Waals surface area contributed by atoms with Gasteiger partial charge >= 0.3 is 0 Å². The lowest BCUT2D eigenvalue weighted by Crippen LogP contribution is -1.97. The molecule has 0 spiro atoms. The largest absolute Gasteiger partial charge is 0.290 e. The molecule has 1 aromatic carbocycles. The maximum absolute atomic E-state index is 11.2. The van der Waals surface area contributed by atoms with Crippen molar-refractivity contribution < 1.29 is 0 Å². The minimum Gasteiger partial charge on any atom is -0.290 e. The molecule has 0 atom stereocenters. The Balaban J connectivity index is 2.93. The zero-order chi connectivity index (χ0) is 9.68. The van der Waals surface area contributed by atoms with Crippen LogP contribution in [0.5, 0.6) is 0 Å². The van der Waals surface area contributed by atoms with Crippen molar-refractivity contribution in [1.29, 1.82) is 0 Å². The molecule has 0 bridgehead atoms. The number of rotatable bonds is 3. The molecule has 0 heterocycles. The fraction of sp³-hybridized carbons (Fsp3) is 0.417. The summed E-state index contributed by atoms with van der Waals surface area (Å²) in [7, 11) is 0. The van der Waals surface area contributed by atoms with Gasteiger partial charge in [-0.1, -0.05) is 31.5 Å². The summed E-state index contributed by atoms with van der Waals surface area (Å²) >= 11 is 0. The molecule has 0 aliphatic carbocycles. The Hall–Kier alpha value is -1.11. The molecular weight excluding hydrogens is 160 g/mol. The average Bonchev–Trinajstić information content (AvgIpc) is 2.26. The van der Waals surface area contributed by atoms with Crippen LogP contribution in [-0.4, -0.2) is 0 Å². The minimum absolute atomic E-state index is 0.128. The maximum atomic E-state index is 11.2. The molecule has 0 aliphatic rings. The highest BCUT2D eigenvalue weighted by molar-refractivity contribution is 5.20. The van der Waals surface area contributed by atoms with E-state index < -0.39 is 0 Å². The molecule has 1 heteroatoms. The Morgan fingerprint density at radius 2 is 2.08 bits per heavy atom. The predicted molar refractivity (Wildman–Crippen MR) is 56.1 cm³/mol. The van der Waals surface area contributed by atoms with Crippen LogP contribution in [0.3, 0.4) is 0 Å². The van der Waals surface area contributed by atoms with E-state index in [-0.39, 0.29) is 5.43 Å². The van der Waals surface area contributed by atoms with Crippen molar-refractivity contribution in [3.63, 3.8) is 0 Å². The van der Waals surface area contributed by atoms with Gasteiger partial charge in [0.25, 0.3) is 0 Å². The third kappa shape index (κ3) is 3.02. The monoisotopic (exact) mass is 176 g/mol. The number of aryl methyl sites for hydroxylation is 2. The number of hydrogen-bond donors (Lipinski definition) is 0. The molecule has 0 saturated heterocycles. The van der Waals surface area contributed by atoms with Gasteiger partial charge in [0.05, 0.1) is 0 Å². The summed E-state index contributed by atoms with van der Waals surface area (Å²) < 4.78 is 0. The zero-order valence-corrected chi connectivity index (χ0v) is 8.34. The van der Waals surface area contributed by atoms with Crippen LogP contribution in [0, 0.1) is 6.92 Å². The summed E-state index contributed by atoms with van der Waals surface area (Å²) in [4.78, 5) is 11.2. The molecule has 0 fully saturated rings. The zero-order valence-electron chi connectivity index (χ0n) is 8.34. The van der Waals surface area contributed by atoms with Crippen molar-refractivity contribution in [2.75, 3.05) is 0 Å². The van der Waals surface area contributed by atoms with E-state index in [2.05, 4.69) is 6.92 Å². The Bertz CT molecular complexity index is 328. The highest BCUT2D eigenvalue weighted by Gasteiger charge is 1.93. The molecule has 0 saturated carbocycles. The van der Waals surface area contributed by atoms with Gasteiger partial charge in [0.15, 0.2) is 5.43 Å². The van der Waals surface area contributed by atoms with Crippen molar-refractivity contribution in [2.45, 2.75) is 33.1 Å². The van der Waals surface area contributed by atoms with Gasteiger partial charge in [0, 0.05) is 0 Å². The second-order valence-electron chi connectivity index (χ2n) is 3.40. The summed E-state index contributed by atoms with van der Waals surface area (Å²) in [6, 6.07) is 7.51. The molecule has 0 aromatic heterocycles. The lowest BCUT2D eigenvalue weighted by molar-refractivity contribution is 0.795. The lowest BCUT2D eigenvalue weighted by Gasteiger charge is -1.95. The molecule has 70 valence electrons. The molecule has 0 radical (unpaired) electrons. The van der Waals surface area contributed by atoms with Crippen molar-refractivity contribution >= 4 is 0 Å². The standard InChI is InChI=1S/C12H16O/c1-3-4-6-11-7-5-8-12(13)10(2)9-11/h5,7-9H,3-4,6H2,1-2H3. The van der Waals surface area contributed by atoms with Gasteiger partial charge < -0.3 is 0 Å². The lowest BCUT2D eigenvalue weighted by atomic mass is 10.1. The van der Waals surface area contributed by atoms with Gasteiger partial charge in [-0.3, -0.25) is 4.79 Å². The second-order valence-corrected chi connectivity index (χ2v) is 3.40. The Kier molecular flexibility index (Phi) is 3.69. The molecule has 0 N–H and O–H groups in total. The van der Waals surface area contributed by atoms with E-state index in [1.807, 2.05) is 25.1 Å². The van der Waals surface area contributed by atoms with Crippen molar-refractivity contribution in [1.82, 2.24) is 0 Å². The fourth-order valence-corrected chi connectivity index (χ4v) is 1.32. The summed E-state index contributed by atoms with van der Waals surface area (Å²) in [5.74, 6) is 0. The molecule has 1 nitrogen and oxygen atoms in total. The van der Waals surface area contributed by atoms with Gasteiger partial charge in [-0.15, -0.1) is 0 Å². The first-order valence-corrected chi connectivity index (χ1v) is 4.84. The van der Waals surface area contributed by atoms with Gasteiger partial charge in [-0.25, -0.2) is 0 Å². The topological polar surface area (TPSA) is 17.1 Å². The summed E-state index contributed by atoms with van der Waals surface area (Å²) in [5.41, 5.74) is 2.24. The van der Waals surface area contributed by atoms with Crippen LogP contribution in [0.2, 0.25) is 0 Å². The summed E-state index contributed by atoms with van der Waals surface area (Å²) in [6.45, 7) is 4.05. The van der Waals surface area contributed by atoms with E-state index >= 15 is 0 Å². The first-order chi connectivity index (χ1) is 6.24. The first-order valence-electron chi connectivity index (χ1n) is 4.84. The molecule has 0 unspecified atom stereocenters. The van der Waals surface area contributed by atoms with Crippen LogP contribution in [0.15, 0.2) is 29.1 Å². The van der Waals surface area contributed by atoms with Gasteiger partial charge in [-0.05, 0) is 37.0 Å². The van der Waals surface area contributed by atoms with E-state index in [1.54, 1.807) is 6.07 Å². The molecule has 0 amide bonds. The van der Waals surface area contributed by atoms with E-state index in [1.165, 1.54) is 18.4 Å². The van der Waals surface area contributed by atoms with Crippen LogP contribution >= 0.6 is 0 Å². The van der Waals surface area contributed by atoms with Crippen LogP contribution in [0.4, 0.5) is 0 Å². The predicted octanol–water partition coefficient (Wildman–Crippen LogP) is 2.70. The SMILES string of the molecule is CCCCc1cccc(=O)c(C)c1. The van der Waals surface area contributed by atoms with Gasteiger partial charge in [-0.2, -0.15) is 0 Å². The van der Waals surface area contributed by atoms with E-state index in [0.29, 0.717) is 0 Å². The normalized spacial score (nSPS) is 10.0. The molecule has 1 aromatic rings. The Labute approximate surface area is 79.4 Å². The van der Waals surface area contributed by atoms with E-state index in [0.717, 1.165) is 12.0 Å². The highest BCUT2D eigenvalue weighted by atomic mass is 16.1. The van der Waals surface area contributed by atoms with E-state index in [9.17, 15) is 4.79 Å². The molecule has 13 heavy (non-hydrogen) atoms. The van der Waals surface area contributed by atoms with Gasteiger partial charge in [0.2, 0.25) is 0 Å². The third-order valence-corrected chi connectivity index (χ3v) is 2.17. The highest BCUT2D eigenvalue weighted by Crippen LogP contribution is 2.03. The molecule has 1 rings (SSSR count). The van der Waals surface area contributed by atoms with Crippen molar-refractivity contribution in [3.8, 4) is 0 Å². The van der Waals surface area contributed by atoms with E-state index in [4.69, 9.17) is 0 Å². The summed E-state index contributed by atoms with van der Waals surface area (Å²) in [5, 5.41) is 0.